The van der Waals surface area contributed by atoms with Crippen LogP contribution in [0.4, 0.5) is 0 Å². The molecule has 1 saturated carbocycles. The number of carbonyl (C=O) groups excluding carboxylic acids is 1. The van der Waals surface area contributed by atoms with Gasteiger partial charge in [0.2, 0.25) is 0 Å². The molecule has 1 heterocycles. The maximum absolute atomic E-state index is 12.2. The predicted molar refractivity (Wildman–Crippen MR) is 76.9 cm³/mol. The van der Waals surface area contributed by atoms with Gasteiger partial charge < -0.3 is 5.32 Å². The van der Waals surface area contributed by atoms with Gasteiger partial charge in [0, 0.05) is 17.5 Å². The molecule has 1 N–H and O–H groups in total. The fourth-order valence-corrected chi connectivity index (χ4v) is 2.60. The van der Waals surface area contributed by atoms with Crippen LogP contribution < -0.4 is 5.32 Å². The minimum absolute atomic E-state index is 0.0802. The van der Waals surface area contributed by atoms with E-state index in [1.165, 1.54) is 5.56 Å². The molecule has 0 saturated heterocycles. The van der Waals surface area contributed by atoms with Crippen molar-refractivity contribution in [3.05, 3.63) is 59.7 Å². The summed E-state index contributed by atoms with van der Waals surface area (Å²) in [6.45, 7) is 0. The molecule has 5 nitrogen and oxygen atoms in total. The molecule has 0 bridgehead atoms. The van der Waals surface area contributed by atoms with Crippen LogP contribution in [0.5, 0.6) is 0 Å². The molecule has 0 radical (unpaired) electrons. The summed E-state index contributed by atoms with van der Waals surface area (Å²) in [6.07, 6.45) is 0.990. The maximum Gasteiger partial charge on any atom is 0.251 e. The highest BCUT2D eigenvalue weighted by molar-refractivity contribution is 5.97. The van der Waals surface area contributed by atoms with Crippen molar-refractivity contribution < 1.29 is 9.42 Å². The van der Waals surface area contributed by atoms with E-state index in [4.69, 9.17) is 0 Å². The van der Waals surface area contributed by atoms with Gasteiger partial charge >= 0.3 is 0 Å². The molecule has 1 aromatic heterocycles. The number of fused-ring (bicyclic) bond motifs is 1. The SMILES string of the molecule is O=C(N[C@H]1C[C@@H]1c1ccccc1)c1ccc2nonc2c1. The number of aromatic nitrogens is 2. The van der Waals surface area contributed by atoms with Gasteiger partial charge in [-0.3, -0.25) is 4.79 Å². The second-order valence-corrected chi connectivity index (χ2v) is 5.30. The topological polar surface area (TPSA) is 68.0 Å². The summed E-state index contributed by atoms with van der Waals surface area (Å²) in [5.74, 6) is 0.343. The number of hydrogen-bond acceptors (Lipinski definition) is 4. The van der Waals surface area contributed by atoms with Crippen molar-refractivity contribution >= 4 is 16.9 Å². The molecule has 3 aromatic rings. The first-order chi connectivity index (χ1) is 10.3. The van der Waals surface area contributed by atoms with Gasteiger partial charge in [-0.05, 0) is 40.5 Å². The minimum Gasteiger partial charge on any atom is -0.349 e. The fraction of sp³-hybridized carbons (Fsp3) is 0.188. The highest BCUT2D eigenvalue weighted by Crippen LogP contribution is 2.40. The van der Waals surface area contributed by atoms with Crippen LogP contribution in [0.1, 0.15) is 28.3 Å². The van der Waals surface area contributed by atoms with Crippen LogP contribution in [0.15, 0.2) is 53.2 Å². The van der Waals surface area contributed by atoms with Gasteiger partial charge in [0.15, 0.2) is 0 Å². The third-order valence-electron chi connectivity index (χ3n) is 3.85. The molecule has 0 aliphatic heterocycles. The Kier molecular flexibility index (Phi) is 2.70. The van der Waals surface area contributed by atoms with E-state index in [-0.39, 0.29) is 11.9 Å². The number of carbonyl (C=O) groups is 1. The quantitative estimate of drug-likeness (QED) is 0.800. The zero-order valence-corrected chi connectivity index (χ0v) is 11.2. The Labute approximate surface area is 120 Å². The standard InChI is InChI=1S/C16H13N3O2/c20-16(11-6-7-13-15(8-11)19-21-18-13)17-14-9-12(14)10-4-2-1-3-5-10/h1-8,12,14H,9H2,(H,17,20)/t12-,14+/m1/s1. The Morgan fingerprint density at radius 3 is 2.76 bits per heavy atom. The van der Waals surface area contributed by atoms with Crippen LogP contribution in [0, 0.1) is 0 Å². The molecule has 1 aliphatic carbocycles. The summed E-state index contributed by atoms with van der Waals surface area (Å²) >= 11 is 0. The van der Waals surface area contributed by atoms with Gasteiger partial charge in [0.1, 0.15) is 11.0 Å². The molecule has 0 unspecified atom stereocenters. The summed E-state index contributed by atoms with van der Waals surface area (Å²) in [6, 6.07) is 15.6. The van der Waals surface area contributed by atoms with E-state index < -0.39 is 0 Å². The highest BCUT2D eigenvalue weighted by Gasteiger charge is 2.39. The minimum atomic E-state index is -0.0802. The first-order valence-corrected chi connectivity index (χ1v) is 6.89. The molecule has 104 valence electrons. The van der Waals surface area contributed by atoms with E-state index in [1.807, 2.05) is 18.2 Å². The zero-order valence-electron chi connectivity index (χ0n) is 11.2. The number of nitrogens with zero attached hydrogens (tertiary/aromatic N) is 2. The van der Waals surface area contributed by atoms with Gasteiger partial charge in [-0.25, -0.2) is 4.63 Å². The van der Waals surface area contributed by atoms with Crippen molar-refractivity contribution in [2.24, 2.45) is 0 Å². The zero-order chi connectivity index (χ0) is 14.2. The summed E-state index contributed by atoms with van der Waals surface area (Å²) < 4.78 is 4.64. The largest absolute Gasteiger partial charge is 0.349 e. The van der Waals surface area contributed by atoms with Crippen LogP contribution in [0.3, 0.4) is 0 Å². The monoisotopic (exact) mass is 279 g/mol. The van der Waals surface area contributed by atoms with E-state index in [0.29, 0.717) is 22.5 Å². The van der Waals surface area contributed by atoms with Gasteiger partial charge in [-0.15, -0.1) is 0 Å². The highest BCUT2D eigenvalue weighted by atomic mass is 16.6. The van der Waals surface area contributed by atoms with Crippen molar-refractivity contribution in [3.63, 3.8) is 0 Å². The molecule has 1 aliphatic rings. The van der Waals surface area contributed by atoms with E-state index in [9.17, 15) is 4.79 Å². The van der Waals surface area contributed by atoms with Crippen molar-refractivity contribution in [1.29, 1.82) is 0 Å². The lowest BCUT2D eigenvalue weighted by Gasteiger charge is -2.04. The number of nitrogens with one attached hydrogen (secondary N) is 1. The second-order valence-electron chi connectivity index (χ2n) is 5.30. The molecule has 4 rings (SSSR count). The number of amides is 1. The van der Waals surface area contributed by atoms with Gasteiger partial charge in [-0.2, -0.15) is 0 Å². The first-order valence-electron chi connectivity index (χ1n) is 6.89. The van der Waals surface area contributed by atoms with Gasteiger partial charge in [0.05, 0.1) is 0 Å². The van der Waals surface area contributed by atoms with Crippen molar-refractivity contribution in [1.82, 2.24) is 15.6 Å². The smallest absolute Gasteiger partial charge is 0.251 e. The average Bonchev–Trinajstić information content (AvgIpc) is 3.12. The van der Waals surface area contributed by atoms with E-state index in [0.717, 1.165) is 6.42 Å². The predicted octanol–water partition coefficient (Wildman–Crippen LogP) is 2.51. The van der Waals surface area contributed by atoms with Crippen LogP contribution in [0.25, 0.3) is 11.0 Å². The van der Waals surface area contributed by atoms with Crippen LogP contribution >= 0.6 is 0 Å². The Morgan fingerprint density at radius 2 is 1.90 bits per heavy atom. The van der Waals surface area contributed by atoms with Gasteiger partial charge in [0.25, 0.3) is 5.91 Å². The summed E-state index contributed by atoms with van der Waals surface area (Å²) in [5.41, 5.74) is 3.11. The second kappa shape index (κ2) is 4.70. The first kappa shape index (κ1) is 12.1. The van der Waals surface area contributed by atoms with Crippen LogP contribution in [0.2, 0.25) is 0 Å². The van der Waals surface area contributed by atoms with Crippen molar-refractivity contribution in [3.8, 4) is 0 Å². The lowest BCUT2D eigenvalue weighted by atomic mass is 10.1. The average molecular weight is 279 g/mol. The molecule has 0 spiro atoms. The lowest BCUT2D eigenvalue weighted by molar-refractivity contribution is 0.0950. The molecule has 2 aromatic carbocycles. The summed E-state index contributed by atoms with van der Waals surface area (Å²) in [7, 11) is 0. The molecule has 2 atom stereocenters. The number of hydrogen-bond donors (Lipinski definition) is 1. The van der Waals surface area contributed by atoms with E-state index in [2.05, 4.69) is 32.4 Å². The number of benzene rings is 2. The lowest BCUT2D eigenvalue weighted by Crippen LogP contribution is -2.26. The molecule has 21 heavy (non-hydrogen) atoms. The third-order valence-corrected chi connectivity index (χ3v) is 3.85. The Hall–Kier alpha value is -2.69. The van der Waals surface area contributed by atoms with Crippen molar-refractivity contribution in [2.45, 2.75) is 18.4 Å². The Bertz CT molecular complexity index is 797. The summed E-state index contributed by atoms with van der Waals surface area (Å²) in [4.78, 5) is 12.2. The Balaban J connectivity index is 1.47. The fourth-order valence-electron chi connectivity index (χ4n) is 2.60. The van der Waals surface area contributed by atoms with Crippen LogP contribution in [-0.2, 0) is 0 Å². The number of rotatable bonds is 3. The van der Waals surface area contributed by atoms with Gasteiger partial charge in [-0.1, -0.05) is 30.3 Å². The van der Waals surface area contributed by atoms with Crippen molar-refractivity contribution in [2.75, 3.05) is 0 Å². The molecule has 1 fully saturated rings. The Morgan fingerprint density at radius 1 is 1.10 bits per heavy atom. The van der Waals surface area contributed by atoms with E-state index in [1.54, 1.807) is 18.2 Å². The summed E-state index contributed by atoms with van der Waals surface area (Å²) in [5, 5.41) is 10.5. The molecule has 1 amide bonds. The molecular formula is C16H13N3O2. The maximum atomic E-state index is 12.2. The molecule has 5 heteroatoms. The molecular weight excluding hydrogens is 266 g/mol. The third kappa shape index (κ3) is 2.27. The van der Waals surface area contributed by atoms with E-state index >= 15 is 0 Å². The van der Waals surface area contributed by atoms with Crippen LogP contribution in [-0.4, -0.2) is 22.3 Å². The normalized spacial score (nSPS) is 20.4.